The zero-order valence-corrected chi connectivity index (χ0v) is 13.3. The summed E-state index contributed by atoms with van der Waals surface area (Å²) in [5.74, 6) is 0.356. The summed E-state index contributed by atoms with van der Waals surface area (Å²) in [7, 11) is 3.41. The van der Waals surface area contributed by atoms with E-state index in [4.69, 9.17) is 4.74 Å². The lowest BCUT2D eigenvalue weighted by Gasteiger charge is -2.40. The Hall–Kier alpha value is -0.610. The Morgan fingerprint density at radius 2 is 1.90 bits per heavy atom. The third-order valence-electron chi connectivity index (χ3n) is 5.22. The van der Waals surface area contributed by atoms with Gasteiger partial charge in [-0.25, -0.2) is 4.79 Å². The Bertz CT molecular complexity index is 324. The predicted octanol–water partition coefficient (Wildman–Crippen LogP) is 2.18. The molecule has 2 fully saturated rings. The Morgan fingerprint density at radius 3 is 2.35 bits per heavy atom. The van der Waals surface area contributed by atoms with Gasteiger partial charge in [0.25, 0.3) is 0 Å². The highest BCUT2D eigenvalue weighted by molar-refractivity contribution is 5.82. The number of hydrogen-bond acceptors (Lipinski definition) is 4. The summed E-state index contributed by atoms with van der Waals surface area (Å²) in [6.07, 6.45) is 8.85. The largest absolute Gasteiger partial charge is 0.468 e. The first-order valence-electron chi connectivity index (χ1n) is 8.19. The third-order valence-corrected chi connectivity index (χ3v) is 5.22. The van der Waals surface area contributed by atoms with Crippen molar-refractivity contribution < 1.29 is 9.53 Å². The molecule has 0 aromatic heterocycles. The van der Waals surface area contributed by atoms with Crippen molar-refractivity contribution >= 4 is 5.97 Å². The molecule has 4 heteroatoms. The number of nitrogens with zero attached hydrogens (tertiary/aromatic N) is 1. The summed E-state index contributed by atoms with van der Waals surface area (Å²) >= 11 is 0. The summed E-state index contributed by atoms with van der Waals surface area (Å²) in [6.45, 7) is 4.01. The van der Waals surface area contributed by atoms with Crippen LogP contribution in [0.1, 0.15) is 51.9 Å². The maximum Gasteiger partial charge on any atom is 0.327 e. The summed E-state index contributed by atoms with van der Waals surface area (Å²) in [6, 6.07) is 0.643. The Morgan fingerprint density at radius 1 is 1.25 bits per heavy atom. The van der Waals surface area contributed by atoms with E-state index in [0.717, 1.165) is 25.9 Å². The number of nitrogens with one attached hydrogen (secondary N) is 1. The molecular formula is C16H30N2O2. The quantitative estimate of drug-likeness (QED) is 0.727. The van der Waals surface area contributed by atoms with Gasteiger partial charge in [-0.05, 0) is 45.2 Å². The fourth-order valence-electron chi connectivity index (χ4n) is 3.77. The summed E-state index contributed by atoms with van der Waals surface area (Å²) in [5.41, 5.74) is -0.498. The van der Waals surface area contributed by atoms with Crippen LogP contribution in [0.3, 0.4) is 0 Å². The molecule has 0 amide bonds. The molecule has 2 aliphatic carbocycles. The summed E-state index contributed by atoms with van der Waals surface area (Å²) < 4.78 is 5.11. The van der Waals surface area contributed by atoms with E-state index < -0.39 is 5.54 Å². The molecule has 0 heterocycles. The van der Waals surface area contributed by atoms with E-state index in [2.05, 4.69) is 17.1 Å². The second kappa shape index (κ2) is 6.90. The molecule has 0 aromatic rings. The number of likely N-dealkylation sites (N-methyl/N-ethyl adjacent to an activating group) is 2. The van der Waals surface area contributed by atoms with Gasteiger partial charge >= 0.3 is 5.97 Å². The Labute approximate surface area is 123 Å². The lowest BCUT2D eigenvalue weighted by atomic mass is 9.89. The number of esters is 1. The zero-order valence-electron chi connectivity index (χ0n) is 13.3. The van der Waals surface area contributed by atoms with E-state index in [1.54, 1.807) is 0 Å². The van der Waals surface area contributed by atoms with Gasteiger partial charge in [-0.3, -0.25) is 4.90 Å². The molecule has 2 saturated carbocycles. The number of carbonyl (C=O) groups excluding carboxylic acids is 1. The Balaban J connectivity index is 2.10. The highest BCUT2D eigenvalue weighted by Gasteiger charge is 2.52. The van der Waals surface area contributed by atoms with Gasteiger partial charge in [0.1, 0.15) is 5.54 Å². The van der Waals surface area contributed by atoms with Gasteiger partial charge in [-0.1, -0.05) is 26.2 Å². The smallest absolute Gasteiger partial charge is 0.327 e. The van der Waals surface area contributed by atoms with Gasteiger partial charge in [0.2, 0.25) is 0 Å². The van der Waals surface area contributed by atoms with Crippen molar-refractivity contribution in [3.63, 3.8) is 0 Å². The molecule has 0 aromatic carbocycles. The molecule has 1 atom stereocenters. The van der Waals surface area contributed by atoms with Gasteiger partial charge in [0.15, 0.2) is 0 Å². The third kappa shape index (κ3) is 3.17. The van der Waals surface area contributed by atoms with Crippen molar-refractivity contribution in [2.45, 2.75) is 63.5 Å². The van der Waals surface area contributed by atoms with Crippen LogP contribution in [0.4, 0.5) is 0 Å². The standard InChI is InChI=1S/C16H30N2O2/c1-4-18(14-8-6-5-7-9-14)12-16(17-2,13-10-11-13)15(19)20-3/h13-14,17H,4-12H2,1-3H3. The lowest BCUT2D eigenvalue weighted by molar-refractivity contribution is -0.151. The van der Waals surface area contributed by atoms with Gasteiger partial charge in [0.05, 0.1) is 7.11 Å². The van der Waals surface area contributed by atoms with Crippen LogP contribution in [0.25, 0.3) is 0 Å². The number of rotatable bonds is 7. The van der Waals surface area contributed by atoms with E-state index in [1.807, 2.05) is 7.05 Å². The maximum absolute atomic E-state index is 12.4. The van der Waals surface area contributed by atoms with Gasteiger partial charge in [0, 0.05) is 12.6 Å². The van der Waals surface area contributed by atoms with E-state index >= 15 is 0 Å². The van der Waals surface area contributed by atoms with Crippen molar-refractivity contribution in [1.82, 2.24) is 10.2 Å². The minimum absolute atomic E-state index is 0.0863. The van der Waals surface area contributed by atoms with Gasteiger partial charge in [-0.15, -0.1) is 0 Å². The molecule has 1 N–H and O–H groups in total. The second-order valence-electron chi connectivity index (χ2n) is 6.34. The fourth-order valence-corrected chi connectivity index (χ4v) is 3.77. The molecule has 2 rings (SSSR count). The molecule has 0 radical (unpaired) electrons. The molecule has 20 heavy (non-hydrogen) atoms. The SMILES string of the molecule is CCN(CC(NC)(C(=O)OC)C1CC1)C1CCCCC1. The van der Waals surface area contributed by atoms with Crippen LogP contribution in [-0.2, 0) is 9.53 Å². The molecule has 2 aliphatic rings. The molecule has 0 bridgehead atoms. The Kier molecular flexibility index (Phi) is 5.44. The average Bonchev–Trinajstić information content (AvgIpc) is 3.34. The van der Waals surface area contributed by atoms with Crippen LogP contribution in [0, 0.1) is 5.92 Å². The van der Waals surface area contributed by atoms with Crippen molar-refractivity contribution in [2.75, 3.05) is 27.2 Å². The normalized spacial score (nSPS) is 23.6. The molecule has 116 valence electrons. The van der Waals surface area contributed by atoms with E-state index in [9.17, 15) is 4.79 Å². The molecule has 0 saturated heterocycles. The molecule has 0 spiro atoms. The predicted molar refractivity (Wildman–Crippen MR) is 80.7 cm³/mol. The van der Waals surface area contributed by atoms with E-state index in [1.165, 1.54) is 39.2 Å². The molecule has 0 aliphatic heterocycles. The zero-order chi connectivity index (χ0) is 14.6. The number of carbonyl (C=O) groups is 1. The first-order valence-corrected chi connectivity index (χ1v) is 8.19. The maximum atomic E-state index is 12.4. The average molecular weight is 282 g/mol. The van der Waals surface area contributed by atoms with E-state index in [-0.39, 0.29) is 5.97 Å². The van der Waals surface area contributed by atoms with Crippen LogP contribution in [0.15, 0.2) is 0 Å². The van der Waals surface area contributed by atoms with Crippen LogP contribution in [0.5, 0.6) is 0 Å². The number of ether oxygens (including phenoxy) is 1. The number of methoxy groups -OCH3 is 1. The van der Waals surface area contributed by atoms with Crippen LogP contribution in [0.2, 0.25) is 0 Å². The van der Waals surface area contributed by atoms with E-state index in [0.29, 0.717) is 12.0 Å². The van der Waals surface area contributed by atoms with Crippen LogP contribution < -0.4 is 5.32 Å². The first kappa shape index (κ1) is 15.8. The topological polar surface area (TPSA) is 41.6 Å². The second-order valence-corrected chi connectivity index (χ2v) is 6.34. The fraction of sp³-hybridized carbons (Fsp3) is 0.938. The first-order chi connectivity index (χ1) is 9.67. The van der Waals surface area contributed by atoms with Crippen molar-refractivity contribution in [2.24, 2.45) is 5.92 Å². The molecule has 1 unspecified atom stereocenters. The lowest BCUT2D eigenvalue weighted by Crippen LogP contribution is -2.61. The summed E-state index contributed by atoms with van der Waals surface area (Å²) in [5, 5.41) is 3.32. The van der Waals surface area contributed by atoms with Crippen molar-refractivity contribution in [3.05, 3.63) is 0 Å². The van der Waals surface area contributed by atoms with Gasteiger partial charge in [-0.2, -0.15) is 0 Å². The summed E-state index contributed by atoms with van der Waals surface area (Å²) in [4.78, 5) is 14.9. The highest BCUT2D eigenvalue weighted by Crippen LogP contribution is 2.41. The van der Waals surface area contributed by atoms with Gasteiger partial charge < -0.3 is 10.1 Å². The molecular weight excluding hydrogens is 252 g/mol. The molecule has 4 nitrogen and oxygen atoms in total. The monoisotopic (exact) mass is 282 g/mol. The highest BCUT2D eigenvalue weighted by atomic mass is 16.5. The van der Waals surface area contributed by atoms with Crippen molar-refractivity contribution in [3.8, 4) is 0 Å². The minimum Gasteiger partial charge on any atom is -0.468 e. The van der Waals surface area contributed by atoms with Crippen molar-refractivity contribution in [1.29, 1.82) is 0 Å². The number of hydrogen-bond donors (Lipinski definition) is 1. The van der Waals surface area contributed by atoms with Crippen LogP contribution in [-0.4, -0.2) is 49.7 Å². The van der Waals surface area contributed by atoms with Crippen LogP contribution >= 0.6 is 0 Å². The minimum atomic E-state index is -0.498.